The van der Waals surface area contributed by atoms with E-state index < -0.39 is 24.0 Å². The third-order valence-electron chi connectivity index (χ3n) is 1.93. The van der Waals surface area contributed by atoms with Crippen LogP contribution >= 0.6 is 0 Å². The summed E-state index contributed by atoms with van der Waals surface area (Å²) < 4.78 is 14.8. The van der Waals surface area contributed by atoms with Crippen molar-refractivity contribution < 1.29 is 24.1 Å². The van der Waals surface area contributed by atoms with Crippen LogP contribution in [-0.2, 0) is 14.2 Å². The van der Waals surface area contributed by atoms with Crippen LogP contribution in [0.5, 0.6) is 0 Å². The third kappa shape index (κ3) is 4.20. The van der Waals surface area contributed by atoms with E-state index in [4.69, 9.17) is 14.2 Å². The molecule has 5 nitrogen and oxygen atoms in total. The van der Waals surface area contributed by atoms with E-state index in [0.717, 1.165) is 0 Å². The summed E-state index contributed by atoms with van der Waals surface area (Å²) in [4.78, 5) is 11.3. The zero-order valence-electron chi connectivity index (χ0n) is 9.80. The first kappa shape index (κ1) is 13.0. The normalized spacial score (nSPS) is 23.1. The SMILES string of the molecule is C=C[C@@H](OC(=O)OC(C)(C)C)[C@H](O)[C@H]1CO1. The summed E-state index contributed by atoms with van der Waals surface area (Å²) >= 11 is 0. The second kappa shape index (κ2) is 4.84. The number of ether oxygens (including phenoxy) is 3. The van der Waals surface area contributed by atoms with Crippen LogP contribution in [0.25, 0.3) is 0 Å². The Labute approximate surface area is 95.0 Å². The maximum absolute atomic E-state index is 11.3. The first-order valence-electron chi connectivity index (χ1n) is 5.15. The average Bonchev–Trinajstić information content (AvgIpc) is 2.93. The first-order chi connectivity index (χ1) is 7.33. The van der Waals surface area contributed by atoms with Crippen LogP contribution in [0, 0.1) is 0 Å². The van der Waals surface area contributed by atoms with Gasteiger partial charge in [-0.05, 0) is 26.8 Å². The van der Waals surface area contributed by atoms with Gasteiger partial charge in [-0.15, -0.1) is 0 Å². The Kier molecular flexibility index (Phi) is 3.93. The van der Waals surface area contributed by atoms with Crippen LogP contribution < -0.4 is 0 Å². The summed E-state index contributed by atoms with van der Waals surface area (Å²) in [5, 5.41) is 9.67. The summed E-state index contributed by atoms with van der Waals surface area (Å²) in [5.74, 6) is 0. The van der Waals surface area contributed by atoms with Gasteiger partial charge in [0.15, 0.2) is 6.10 Å². The number of hydrogen-bond donors (Lipinski definition) is 1. The second-order valence-electron chi connectivity index (χ2n) is 4.64. The Morgan fingerprint density at radius 1 is 1.62 bits per heavy atom. The molecule has 1 saturated heterocycles. The van der Waals surface area contributed by atoms with Crippen molar-refractivity contribution in [2.75, 3.05) is 6.61 Å². The van der Waals surface area contributed by atoms with Gasteiger partial charge in [-0.3, -0.25) is 0 Å². The number of carbonyl (C=O) groups excluding carboxylic acids is 1. The van der Waals surface area contributed by atoms with Crippen molar-refractivity contribution in [1.82, 2.24) is 0 Å². The summed E-state index contributed by atoms with van der Waals surface area (Å²) in [6.45, 7) is 9.17. The van der Waals surface area contributed by atoms with Gasteiger partial charge >= 0.3 is 6.16 Å². The maximum atomic E-state index is 11.3. The van der Waals surface area contributed by atoms with E-state index >= 15 is 0 Å². The molecule has 0 amide bonds. The molecule has 1 heterocycles. The number of aliphatic hydroxyl groups is 1. The van der Waals surface area contributed by atoms with Crippen molar-refractivity contribution in [2.45, 2.75) is 44.7 Å². The highest BCUT2D eigenvalue weighted by Gasteiger charge is 2.38. The van der Waals surface area contributed by atoms with E-state index in [-0.39, 0.29) is 6.10 Å². The van der Waals surface area contributed by atoms with E-state index in [1.54, 1.807) is 20.8 Å². The first-order valence-corrected chi connectivity index (χ1v) is 5.15. The lowest BCUT2D eigenvalue weighted by Crippen LogP contribution is -2.35. The van der Waals surface area contributed by atoms with Gasteiger partial charge in [0.05, 0.1) is 6.61 Å². The minimum atomic E-state index is -0.884. The van der Waals surface area contributed by atoms with Crippen LogP contribution in [0.15, 0.2) is 12.7 Å². The Bertz CT molecular complexity index is 264. The Hall–Kier alpha value is -1.07. The van der Waals surface area contributed by atoms with Gasteiger partial charge in [0, 0.05) is 0 Å². The zero-order valence-corrected chi connectivity index (χ0v) is 9.80. The zero-order chi connectivity index (χ0) is 12.3. The highest BCUT2D eigenvalue weighted by Crippen LogP contribution is 2.20. The second-order valence-corrected chi connectivity index (χ2v) is 4.64. The molecule has 1 fully saturated rings. The minimum Gasteiger partial charge on any atom is -0.429 e. The predicted octanol–water partition coefficient (Wildman–Crippen LogP) is 1.25. The fourth-order valence-corrected chi connectivity index (χ4v) is 1.11. The molecule has 1 rings (SSSR count). The molecule has 0 saturated carbocycles. The van der Waals surface area contributed by atoms with E-state index in [1.807, 2.05) is 0 Å². The molecule has 0 aromatic heterocycles. The largest absolute Gasteiger partial charge is 0.509 e. The lowest BCUT2D eigenvalue weighted by atomic mass is 10.1. The summed E-state index contributed by atoms with van der Waals surface area (Å²) in [6, 6.07) is 0. The van der Waals surface area contributed by atoms with Crippen LogP contribution in [-0.4, -0.2) is 41.8 Å². The van der Waals surface area contributed by atoms with Crippen LogP contribution in [0.4, 0.5) is 4.79 Å². The van der Waals surface area contributed by atoms with Gasteiger partial charge in [-0.1, -0.05) is 6.58 Å². The molecule has 0 aliphatic carbocycles. The lowest BCUT2D eigenvalue weighted by molar-refractivity contribution is -0.0494. The molecule has 0 unspecified atom stereocenters. The number of rotatable bonds is 4. The predicted molar refractivity (Wildman–Crippen MR) is 57.1 cm³/mol. The molecule has 0 aromatic rings. The standard InChI is InChI=1S/C11H18O5/c1-5-7(9(12)8-6-14-8)15-10(13)16-11(2,3)4/h5,7-9,12H,1,6H2,2-4H3/t7-,8-,9+/m1/s1. The van der Waals surface area contributed by atoms with E-state index in [2.05, 4.69) is 6.58 Å². The number of hydrogen-bond acceptors (Lipinski definition) is 5. The molecule has 5 heteroatoms. The minimum absolute atomic E-state index is 0.273. The van der Waals surface area contributed by atoms with Crippen LogP contribution in [0.2, 0.25) is 0 Å². The quantitative estimate of drug-likeness (QED) is 0.447. The summed E-state index contributed by atoms with van der Waals surface area (Å²) in [5.41, 5.74) is -0.621. The molecule has 3 atom stereocenters. The van der Waals surface area contributed by atoms with E-state index in [1.165, 1.54) is 6.08 Å². The molecule has 0 spiro atoms. The summed E-state index contributed by atoms with van der Waals surface area (Å²) in [6.07, 6.45) is -1.43. The Morgan fingerprint density at radius 2 is 2.19 bits per heavy atom. The number of carbonyl (C=O) groups is 1. The molecule has 92 valence electrons. The van der Waals surface area contributed by atoms with Crippen molar-refractivity contribution in [3.05, 3.63) is 12.7 Å². The molecule has 16 heavy (non-hydrogen) atoms. The van der Waals surface area contributed by atoms with Gasteiger partial charge in [-0.2, -0.15) is 0 Å². The molecule has 0 aromatic carbocycles. The van der Waals surface area contributed by atoms with Gasteiger partial charge in [0.1, 0.15) is 17.8 Å². The number of epoxide rings is 1. The molecule has 1 N–H and O–H groups in total. The Balaban J connectivity index is 2.43. The maximum Gasteiger partial charge on any atom is 0.509 e. The van der Waals surface area contributed by atoms with Crippen molar-refractivity contribution in [3.63, 3.8) is 0 Å². The topological polar surface area (TPSA) is 68.3 Å². The van der Waals surface area contributed by atoms with Crippen molar-refractivity contribution >= 4 is 6.16 Å². The van der Waals surface area contributed by atoms with Crippen LogP contribution in [0.1, 0.15) is 20.8 Å². The Morgan fingerprint density at radius 3 is 2.56 bits per heavy atom. The third-order valence-corrected chi connectivity index (χ3v) is 1.93. The van der Waals surface area contributed by atoms with Gasteiger partial charge in [0.25, 0.3) is 0 Å². The van der Waals surface area contributed by atoms with Gasteiger partial charge < -0.3 is 19.3 Å². The average molecular weight is 230 g/mol. The van der Waals surface area contributed by atoms with Crippen molar-refractivity contribution in [3.8, 4) is 0 Å². The highest BCUT2D eigenvalue weighted by atomic mass is 16.7. The highest BCUT2D eigenvalue weighted by molar-refractivity contribution is 5.61. The van der Waals surface area contributed by atoms with E-state index in [9.17, 15) is 9.90 Å². The van der Waals surface area contributed by atoms with E-state index in [0.29, 0.717) is 6.61 Å². The molecule has 1 aliphatic heterocycles. The van der Waals surface area contributed by atoms with Gasteiger partial charge in [0.2, 0.25) is 0 Å². The number of aliphatic hydroxyl groups excluding tert-OH is 1. The summed E-state index contributed by atoms with van der Waals surface area (Å²) in [7, 11) is 0. The fourth-order valence-electron chi connectivity index (χ4n) is 1.11. The monoisotopic (exact) mass is 230 g/mol. The molecular formula is C11H18O5. The lowest BCUT2D eigenvalue weighted by Gasteiger charge is -2.23. The fraction of sp³-hybridized carbons (Fsp3) is 0.727. The molecule has 0 bridgehead atoms. The molecular weight excluding hydrogens is 212 g/mol. The van der Waals surface area contributed by atoms with Crippen molar-refractivity contribution in [2.24, 2.45) is 0 Å². The smallest absolute Gasteiger partial charge is 0.429 e. The molecule has 1 aliphatic rings. The van der Waals surface area contributed by atoms with Crippen LogP contribution in [0.3, 0.4) is 0 Å². The van der Waals surface area contributed by atoms with Crippen molar-refractivity contribution in [1.29, 1.82) is 0 Å². The van der Waals surface area contributed by atoms with Gasteiger partial charge in [-0.25, -0.2) is 4.79 Å². The molecule has 0 radical (unpaired) electrons.